The van der Waals surface area contributed by atoms with Crippen molar-refractivity contribution in [2.75, 3.05) is 19.6 Å². The van der Waals surface area contributed by atoms with Gasteiger partial charge in [0, 0.05) is 15.1 Å². The van der Waals surface area contributed by atoms with Crippen molar-refractivity contribution in [3.63, 3.8) is 0 Å². The first-order chi connectivity index (χ1) is 9.00. The lowest BCUT2D eigenvalue weighted by molar-refractivity contribution is 0.0921. The maximum Gasteiger partial charge on any atom is 0.252 e. The largest absolute Gasteiger partial charge is 0.351 e. The molecule has 1 aliphatic rings. The SMILES string of the molecule is CC1(CNC(=O)c2cc(Cl)ccc2I)CCNCC1. The highest BCUT2D eigenvalue weighted by molar-refractivity contribution is 14.1. The molecule has 1 saturated heterocycles. The molecule has 0 unspecified atom stereocenters. The number of amides is 1. The Hall–Kier alpha value is -0.330. The average molecular weight is 393 g/mol. The Balaban J connectivity index is 1.99. The molecule has 5 heteroatoms. The second kappa shape index (κ2) is 6.41. The molecule has 0 radical (unpaired) electrons. The van der Waals surface area contributed by atoms with E-state index in [4.69, 9.17) is 11.6 Å². The maximum absolute atomic E-state index is 12.2. The van der Waals surface area contributed by atoms with Crippen molar-refractivity contribution in [1.29, 1.82) is 0 Å². The van der Waals surface area contributed by atoms with E-state index in [-0.39, 0.29) is 11.3 Å². The van der Waals surface area contributed by atoms with Gasteiger partial charge in [-0.25, -0.2) is 0 Å². The molecule has 1 aliphatic heterocycles. The van der Waals surface area contributed by atoms with Crippen molar-refractivity contribution in [2.45, 2.75) is 19.8 Å². The summed E-state index contributed by atoms with van der Waals surface area (Å²) in [6.07, 6.45) is 2.19. The molecule has 0 saturated carbocycles. The number of hydrogen-bond donors (Lipinski definition) is 2. The van der Waals surface area contributed by atoms with Crippen LogP contribution in [0.1, 0.15) is 30.1 Å². The summed E-state index contributed by atoms with van der Waals surface area (Å²) < 4.78 is 0.926. The summed E-state index contributed by atoms with van der Waals surface area (Å²) in [6.45, 7) is 5.01. The van der Waals surface area contributed by atoms with E-state index in [1.807, 2.05) is 6.07 Å². The second-order valence-electron chi connectivity index (χ2n) is 5.37. The van der Waals surface area contributed by atoms with E-state index in [2.05, 4.69) is 40.1 Å². The van der Waals surface area contributed by atoms with Crippen LogP contribution in [0.2, 0.25) is 5.02 Å². The molecule has 104 valence electrons. The Labute approximate surface area is 132 Å². The molecule has 19 heavy (non-hydrogen) atoms. The van der Waals surface area contributed by atoms with Gasteiger partial charge in [-0.05, 0) is 72.1 Å². The average Bonchev–Trinajstić information content (AvgIpc) is 2.40. The smallest absolute Gasteiger partial charge is 0.252 e. The Kier molecular flexibility index (Phi) is 5.09. The van der Waals surface area contributed by atoms with Gasteiger partial charge in [0.25, 0.3) is 5.91 Å². The minimum atomic E-state index is -0.0355. The Bertz CT molecular complexity index is 473. The fourth-order valence-electron chi connectivity index (χ4n) is 2.27. The summed E-state index contributed by atoms with van der Waals surface area (Å²) in [4.78, 5) is 12.2. The van der Waals surface area contributed by atoms with Crippen LogP contribution in [0.3, 0.4) is 0 Å². The number of carbonyl (C=O) groups excluding carboxylic acids is 1. The number of nitrogens with one attached hydrogen (secondary N) is 2. The summed E-state index contributed by atoms with van der Waals surface area (Å²) in [6, 6.07) is 5.39. The van der Waals surface area contributed by atoms with Gasteiger partial charge in [-0.3, -0.25) is 4.79 Å². The molecule has 2 rings (SSSR count). The minimum absolute atomic E-state index is 0.0355. The predicted molar refractivity (Wildman–Crippen MR) is 86.7 cm³/mol. The van der Waals surface area contributed by atoms with Crippen molar-refractivity contribution in [3.8, 4) is 0 Å². The zero-order chi connectivity index (χ0) is 13.9. The van der Waals surface area contributed by atoms with E-state index in [1.165, 1.54) is 0 Å². The van der Waals surface area contributed by atoms with Gasteiger partial charge < -0.3 is 10.6 Å². The quantitative estimate of drug-likeness (QED) is 0.776. The lowest BCUT2D eigenvalue weighted by Crippen LogP contribution is -2.43. The molecule has 1 aromatic carbocycles. The number of halogens is 2. The molecular formula is C14H18ClIN2O. The molecule has 0 spiro atoms. The maximum atomic E-state index is 12.2. The van der Waals surface area contributed by atoms with Crippen molar-refractivity contribution < 1.29 is 4.79 Å². The molecule has 0 atom stereocenters. The van der Waals surface area contributed by atoms with Crippen LogP contribution in [0.25, 0.3) is 0 Å². The number of carbonyl (C=O) groups is 1. The lowest BCUT2D eigenvalue weighted by Gasteiger charge is -2.34. The van der Waals surface area contributed by atoms with Crippen LogP contribution in [-0.4, -0.2) is 25.5 Å². The molecule has 1 aromatic rings. The summed E-state index contributed by atoms with van der Waals surface area (Å²) in [5.41, 5.74) is 0.857. The monoisotopic (exact) mass is 392 g/mol. The van der Waals surface area contributed by atoms with E-state index in [9.17, 15) is 4.79 Å². The highest BCUT2D eigenvalue weighted by Crippen LogP contribution is 2.27. The van der Waals surface area contributed by atoms with Gasteiger partial charge in [0.05, 0.1) is 5.56 Å². The summed E-state index contributed by atoms with van der Waals surface area (Å²) >= 11 is 8.11. The topological polar surface area (TPSA) is 41.1 Å². The van der Waals surface area contributed by atoms with Gasteiger partial charge in [0.2, 0.25) is 0 Å². The van der Waals surface area contributed by atoms with Gasteiger partial charge in [0.15, 0.2) is 0 Å². The van der Waals surface area contributed by atoms with Gasteiger partial charge in [-0.1, -0.05) is 18.5 Å². The van der Waals surface area contributed by atoms with Crippen molar-refractivity contribution in [2.24, 2.45) is 5.41 Å². The van der Waals surface area contributed by atoms with Crippen LogP contribution in [0.4, 0.5) is 0 Å². The number of piperidine rings is 1. The Morgan fingerprint density at radius 3 is 2.84 bits per heavy atom. The van der Waals surface area contributed by atoms with Gasteiger partial charge in [-0.2, -0.15) is 0 Å². The molecule has 2 N–H and O–H groups in total. The molecular weight excluding hydrogens is 375 g/mol. The normalized spacial score (nSPS) is 18.1. The fourth-order valence-corrected chi connectivity index (χ4v) is 3.02. The third-order valence-electron chi connectivity index (χ3n) is 3.66. The van der Waals surface area contributed by atoms with Crippen LogP contribution in [0.5, 0.6) is 0 Å². The molecule has 0 aliphatic carbocycles. The molecule has 3 nitrogen and oxygen atoms in total. The van der Waals surface area contributed by atoms with Gasteiger partial charge >= 0.3 is 0 Å². The van der Waals surface area contributed by atoms with Gasteiger partial charge in [0.1, 0.15) is 0 Å². The van der Waals surface area contributed by atoms with Crippen molar-refractivity contribution in [3.05, 3.63) is 32.4 Å². The van der Waals surface area contributed by atoms with Gasteiger partial charge in [-0.15, -0.1) is 0 Å². The summed E-state index contributed by atoms with van der Waals surface area (Å²) in [5.74, 6) is -0.0355. The van der Waals surface area contributed by atoms with E-state index < -0.39 is 0 Å². The van der Waals surface area contributed by atoms with Crippen LogP contribution in [0.15, 0.2) is 18.2 Å². The summed E-state index contributed by atoms with van der Waals surface area (Å²) in [5, 5.41) is 6.99. The highest BCUT2D eigenvalue weighted by Gasteiger charge is 2.27. The number of hydrogen-bond acceptors (Lipinski definition) is 2. The van der Waals surface area contributed by atoms with E-state index >= 15 is 0 Å². The first-order valence-electron chi connectivity index (χ1n) is 6.44. The Morgan fingerprint density at radius 2 is 2.16 bits per heavy atom. The molecule has 1 amide bonds. The van der Waals surface area contributed by atoms with Crippen LogP contribution in [0, 0.1) is 8.99 Å². The van der Waals surface area contributed by atoms with Crippen molar-refractivity contribution in [1.82, 2.24) is 10.6 Å². The molecule has 0 aromatic heterocycles. The highest BCUT2D eigenvalue weighted by atomic mass is 127. The standard InChI is InChI=1S/C14H18ClIN2O/c1-14(4-6-17-7-5-14)9-18-13(19)11-8-10(15)2-3-12(11)16/h2-3,8,17H,4-7,9H2,1H3,(H,18,19). The van der Waals surface area contributed by atoms with Crippen LogP contribution in [-0.2, 0) is 0 Å². The molecule has 1 heterocycles. The van der Waals surface area contributed by atoms with Crippen LogP contribution >= 0.6 is 34.2 Å². The lowest BCUT2D eigenvalue weighted by atomic mass is 9.81. The predicted octanol–water partition coefficient (Wildman–Crippen LogP) is 3.06. The minimum Gasteiger partial charge on any atom is -0.351 e. The fraction of sp³-hybridized carbons (Fsp3) is 0.500. The second-order valence-corrected chi connectivity index (χ2v) is 6.97. The zero-order valence-corrected chi connectivity index (χ0v) is 13.8. The Morgan fingerprint density at radius 1 is 1.47 bits per heavy atom. The summed E-state index contributed by atoms with van der Waals surface area (Å²) in [7, 11) is 0. The van der Waals surface area contributed by atoms with E-state index in [0.29, 0.717) is 10.6 Å². The third-order valence-corrected chi connectivity index (χ3v) is 4.84. The first-order valence-corrected chi connectivity index (χ1v) is 7.90. The van der Waals surface area contributed by atoms with E-state index in [1.54, 1.807) is 12.1 Å². The molecule has 1 fully saturated rings. The van der Waals surface area contributed by atoms with Crippen molar-refractivity contribution >= 4 is 40.1 Å². The van der Waals surface area contributed by atoms with Crippen LogP contribution < -0.4 is 10.6 Å². The zero-order valence-electron chi connectivity index (χ0n) is 10.9. The number of benzene rings is 1. The third kappa shape index (κ3) is 4.07. The first kappa shape index (κ1) is 15.1. The number of rotatable bonds is 3. The molecule has 0 bridgehead atoms. The van der Waals surface area contributed by atoms with E-state index in [0.717, 1.165) is 36.0 Å².